The van der Waals surface area contributed by atoms with Gasteiger partial charge in [-0.25, -0.2) is 4.79 Å². The van der Waals surface area contributed by atoms with Crippen molar-refractivity contribution in [3.05, 3.63) is 77.4 Å². The molecule has 2 amide bonds. The smallest absolute Gasteiger partial charge is 0.490 e. The van der Waals surface area contributed by atoms with E-state index in [-0.39, 0.29) is 17.7 Å². The predicted molar refractivity (Wildman–Crippen MR) is 159 cm³/mol. The Labute approximate surface area is 255 Å². The molecule has 234 valence electrons. The highest BCUT2D eigenvalue weighted by molar-refractivity contribution is 6.10. The van der Waals surface area contributed by atoms with Crippen LogP contribution in [0.4, 0.5) is 18.9 Å². The van der Waals surface area contributed by atoms with Gasteiger partial charge in [-0.3, -0.25) is 14.7 Å². The van der Waals surface area contributed by atoms with Gasteiger partial charge in [-0.15, -0.1) is 0 Å². The number of hydrogen-bond donors (Lipinski definition) is 3. The van der Waals surface area contributed by atoms with E-state index in [1.165, 1.54) is 0 Å². The molecule has 3 aliphatic rings. The summed E-state index contributed by atoms with van der Waals surface area (Å²) in [6.07, 6.45) is -4.31. The van der Waals surface area contributed by atoms with Crippen LogP contribution < -0.4 is 10.1 Å². The number of alkyl halides is 3. The Morgan fingerprint density at radius 3 is 2.36 bits per heavy atom. The van der Waals surface area contributed by atoms with Gasteiger partial charge in [-0.1, -0.05) is 24.3 Å². The van der Waals surface area contributed by atoms with Crippen molar-refractivity contribution in [3.8, 4) is 17.0 Å². The lowest BCUT2D eigenvalue weighted by Crippen LogP contribution is -2.47. The molecule has 1 aromatic heterocycles. The molecule has 13 heteroatoms. The summed E-state index contributed by atoms with van der Waals surface area (Å²) < 4.78 is 37.2. The second kappa shape index (κ2) is 11.2. The average Bonchev–Trinajstić information content (AvgIpc) is 3.55. The number of amides is 2. The number of aromatic amines is 1. The van der Waals surface area contributed by atoms with Crippen molar-refractivity contribution < 1.29 is 37.4 Å². The monoisotopic (exact) mass is 621 g/mol. The number of carboxylic acids is 1. The number of anilines is 1. The molecule has 3 aromatic carbocycles. The van der Waals surface area contributed by atoms with Crippen molar-refractivity contribution >= 4 is 34.4 Å². The number of fused-ring (bicyclic) bond motifs is 3. The van der Waals surface area contributed by atoms with Gasteiger partial charge in [0.25, 0.3) is 5.91 Å². The molecule has 0 bridgehead atoms. The van der Waals surface area contributed by atoms with Crippen LogP contribution in [0.1, 0.15) is 33.8 Å². The second-order valence-corrected chi connectivity index (χ2v) is 11.4. The van der Waals surface area contributed by atoms with Crippen molar-refractivity contribution in [1.82, 2.24) is 20.0 Å². The topological polar surface area (TPSA) is 128 Å². The van der Waals surface area contributed by atoms with Gasteiger partial charge in [0.2, 0.25) is 5.91 Å². The number of benzene rings is 3. The van der Waals surface area contributed by atoms with E-state index in [4.69, 9.17) is 14.6 Å². The van der Waals surface area contributed by atoms with E-state index in [0.717, 1.165) is 77.3 Å². The molecule has 45 heavy (non-hydrogen) atoms. The minimum absolute atomic E-state index is 0.0577. The fourth-order valence-electron chi connectivity index (χ4n) is 6.14. The van der Waals surface area contributed by atoms with Crippen LogP contribution in [0.3, 0.4) is 0 Å². The summed E-state index contributed by atoms with van der Waals surface area (Å²) in [6.45, 7) is 3.32. The number of nitrogens with one attached hydrogen (secondary N) is 2. The van der Waals surface area contributed by atoms with Crippen molar-refractivity contribution in [2.75, 3.05) is 45.7 Å². The molecule has 1 saturated carbocycles. The maximum absolute atomic E-state index is 13.0. The van der Waals surface area contributed by atoms with Crippen LogP contribution in [-0.4, -0.2) is 89.4 Å². The third-order valence-corrected chi connectivity index (χ3v) is 8.75. The number of halogens is 3. The Hall–Kier alpha value is -4.91. The van der Waals surface area contributed by atoms with Gasteiger partial charge in [0.15, 0.2) is 0 Å². The number of piperazine rings is 1. The molecule has 4 aromatic rings. The van der Waals surface area contributed by atoms with E-state index in [1.54, 1.807) is 7.11 Å². The molecular formula is C32H30F3N5O5. The van der Waals surface area contributed by atoms with Crippen LogP contribution in [0.15, 0.2) is 60.7 Å². The number of likely N-dealkylation sites (N-methyl/N-ethyl adjacent to an activating group) is 1. The van der Waals surface area contributed by atoms with E-state index < -0.39 is 17.6 Å². The van der Waals surface area contributed by atoms with Crippen LogP contribution in [0.5, 0.6) is 5.75 Å². The Kier molecular flexibility index (Phi) is 7.51. The number of hydrogen-bond acceptors (Lipinski definition) is 6. The molecule has 3 heterocycles. The van der Waals surface area contributed by atoms with Gasteiger partial charge in [0.05, 0.1) is 23.7 Å². The van der Waals surface area contributed by atoms with Crippen molar-refractivity contribution in [3.63, 3.8) is 0 Å². The fourth-order valence-corrected chi connectivity index (χ4v) is 6.14. The standard InChI is InChI=1S/C30H29N5O3.C2HF3O2/c1-34-11-13-35(14-12-34)28(36)19-5-3-18(4-6-19)27-22-9-7-20(15-26(22)32-33-27)24-17-30(24)23-16-21(38-2)8-10-25(23)31-29(30)37;3-2(4,5)1(6)7/h3-10,15-16,24H,11-14,17H2,1-2H3,(H,31,37)(H,32,33);(H,6,7)/t24-,30-;/m0./s1. The zero-order valence-corrected chi connectivity index (χ0v) is 24.4. The second-order valence-electron chi connectivity index (χ2n) is 11.4. The number of methoxy groups -OCH3 is 1. The normalized spacial score (nSPS) is 20.8. The number of H-pyrrole nitrogens is 1. The molecule has 1 saturated heterocycles. The lowest BCUT2D eigenvalue weighted by atomic mass is 9.91. The Balaban J connectivity index is 0.000000460. The Morgan fingerprint density at radius 2 is 1.71 bits per heavy atom. The maximum Gasteiger partial charge on any atom is 0.490 e. The number of carbonyl (C=O) groups excluding carboxylic acids is 2. The molecule has 0 unspecified atom stereocenters. The highest BCUT2D eigenvalue weighted by atomic mass is 19.4. The van der Waals surface area contributed by atoms with Crippen molar-refractivity contribution in [1.29, 1.82) is 0 Å². The van der Waals surface area contributed by atoms with E-state index in [0.29, 0.717) is 5.56 Å². The van der Waals surface area contributed by atoms with Crippen LogP contribution in [-0.2, 0) is 15.0 Å². The van der Waals surface area contributed by atoms with E-state index in [1.807, 2.05) is 47.4 Å². The number of rotatable bonds is 4. The molecular weight excluding hydrogens is 591 g/mol. The molecule has 2 aliphatic heterocycles. The highest BCUT2D eigenvalue weighted by Gasteiger charge is 2.65. The van der Waals surface area contributed by atoms with Gasteiger partial charge in [0, 0.05) is 54.3 Å². The number of carbonyl (C=O) groups is 3. The summed E-state index contributed by atoms with van der Waals surface area (Å²) in [4.78, 5) is 39.0. The first-order valence-electron chi connectivity index (χ1n) is 14.3. The van der Waals surface area contributed by atoms with Crippen molar-refractivity contribution in [2.45, 2.75) is 23.9 Å². The SMILES string of the molecule is COc1ccc2c(c1)[C@]1(C[C@H]1c1ccc3c(-c4ccc(C(=O)N5CCN(C)CC5)cc4)n[nH]c3c1)C(=O)N2.O=C(O)C(F)(F)F. The van der Waals surface area contributed by atoms with E-state index in [2.05, 4.69) is 45.7 Å². The summed E-state index contributed by atoms with van der Waals surface area (Å²) in [7, 11) is 3.73. The zero-order valence-electron chi connectivity index (χ0n) is 24.4. The Bertz CT molecular complexity index is 1800. The quantitative estimate of drug-likeness (QED) is 0.303. The molecule has 2 fully saturated rings. The van der Waals surface area contributed by atoms with Gasteiger partial charge >= 0.3 is 12.1 Å². The van der Waals surface area contributed by atoms with Crippen LogP contribution in [0, 0.1) is 0 Å². The fraction of sp³-hybridized carbons (Fsp3) is 0.312. The molecule has 3 N–H and O–H groups in total. The summed E-state index contributed by atoms with van der Waals surface area (Å²) in [5.41, 5.74) is 5.91. The zero-order chi connectivity index (χ0) is 32.1. The first-order valence-corrected chi connectivity index (χ1v) is 14.3. The highest BCUT2D eigenvalue weighted by Crippen LogP contribution is 2.65. The summed E-state index contributed by atoms with van der Waals surface area (Å²) in [5.74, 6) is -1.76. The summed E-state index contributed by atoms with van der Waals surface area (Å²) in [6, 6.07) is 19.8. The number of ether oxygens (including phenoxy) is 1. The average molecular weight is 622 g/mol. The van der Waals surface area contributed by atoms with E-state index >= 15 is 0 Å². The number of aliphatic carboxylic acids is 1. The minimum atomic E-state index is -5.08. The number of aromatic nitrogens is 2. The van der Waals surface area contributed by atoms with E-state index in [9.17, 15) is 22.8 Å². The predicted octanol–water partition coefficient (Wildman–Crippen LogP) is 4.64. The number of carboxylic acid groups (broad SMARTS) is 1. The van der Waals surface area contributed by atoms with Gasteiger partial charge < -0.3 is 25.0 Å². The summed E-state index contributed by atoms with van der Waals surface area (Å²) in [5, 5.41) is 19.0. The van der Waals surface area contributed by atoms with Crippen molar-refractivity contribution in [2.24, 2.45) is 0 Å². The molecule has 1 spiro atoms. The maximum atomic E-state index is 13.0. The third kappa shape index (κ3) is 5.48. The molecule has 1 aliphatic carbocycles. The third-order valence-electron chi connectivity index (χ3n) is 8.75. The largest absolute Gasteiger partial charge is 0.497 e. The molecule has 2 atom stereocenters. The van der Waals surface area contributed by atoms with Crippen LogP contribution in [0.25, 0.3) is 22.2 Å². The summed E-state index contributed by atoms with van der Waals surface area (Å²) >= 11 is 0. The van der Waals surface area contributed by atoms with Gasteiger partial charge in [-0.2, -0.15) is 18.3 Å². The number of nitrogens with zero attached hydrogens (tertiary/aromatic N) is 3. The Morgan fingerprint density at radius 1 is 1.02 bits per heavy atom. The van der Waals surface area contributed by atoms with Crippen LogP contribution in [0.2, 0.25) is 0 Å². The molecule has 0 radical (unpaired) electrons. The first-order chi connectivity index (χ1) is 21.4. The first kappa shape index (κ1) is 30.1. The molecule has 7 rings (SSSR count). The minimum Gasteiger partial charge on any atom is -0.497 e. The lowest BCUT2D eigenvalue weighted by molar-refractivity contribution is -0.192. The van der Waals surface area contributed by atoms with Gasteiger partial charge in [0.1, 0.15) is 5.75 Å². The molecule has 10 nitrogen and oxygen atoms in total. The van der Waals surface area contributed by atoms with Crippen LogP contribution >= 0.6 is 0 Å². The van der Waals surface area contributed by atoms with Gasteiger partial charge in [-0.05, 0) is 61.0 Å². The lowest BCUT2D eigenvalue weighted by Gasteiger charge is -2.32.